The molecule has 5 aromatic rings. The number of rotatable bonds is 5. The maximum absolute atomic E-state index is 13.4. The van der Waals surface area contributed by atoms with Crippen molar-refractivity contribution in [1.29, 1.82) is 0 Å². The quantitative estimate of drug-likeness (QED) is 0.355. The topological polar surface area (TPSA) is 79.4 Å². The average Bonchev–Trinajstić information content (AvgIpc) is 3.39. The lowest BCUT2D eigenvalue weighted by Crippen LogP contribution is -2.18. The molecule has 0 bridgehead atoms. The number of hydrogen-bond donors (Lipinski definition) is 2. The van der Waals surface area contributed by atoms with Crippen LogP contribution in [0.2, 0.25) is 0 Å². The fourth-order valence-electron chi connectivity index (χ4n) is 3.77. The van der Waals surface area contributed by atoms with Crippen molar-refractivity contribution in [3.63, 3.8) is 0 Å². The number of alkyl halides is 3. The van der Waals surface area contributed by atoms with Crippen molar-refractivity contribution in [1.82, 2.24) is 24.7 Å². The molecule has 6 nitrogen and oxygen atoms in total. The van der Waals surface area contributed by atoms with Gasteiger partial charge in [-0.1, -0.05) is 24.3 Å². The van der Waals surface area contributed by atoms with Crippen molar-refractivity contribution in [2.45, 2.75) is 19.0 Å². The Morgan fingerprint density at radius 3 is 2.38 bits per heavy atom. The first-order valence-electron chi connectivity index (χ1n) is 10.4. The lowest BCUT2D eigenvalue weighted by Gasteiger charge is -2.07. The first kappa shape index (κ1) is 21.6. The van der Waals surface area contributed by atoms with E-state index in [1.807, 2.05) is 18.2 Å². The van der Waals surface area contributed by atoms with Crippen molar-refractivity contribution in [3.05, 3.63) is 99.9 Å². The Kier molecular flexibility index (Phi) is 5.27. The van der Waals surface area contributed by atoms with Crippen molar-refractivity contribution >= 4 is 11.0 Å². The molecule has 34 heavy (non-hydrogen) atoms. The zero-order chi connectivity index (χ0) is 23.9. The predicted molar refractivity (Wildman–Crippen MR) is 118 cm³/mol. The summed E-state index contributed by atoms with van der Waals surface area (Å²) in [4.78, 5) is 24.4. The summed E-state index contributed by atoms with van der Waals surface area (Å²) in [6.07, 6.45) is -2.80. The van der Waals surface area contributed by atoms with Gasteiger partial charge in [-0.2, -0.15) is 17.9 Å². The highest BCUT2D eigenvalue weighted by Crippen LogP contribution is 2.29. The Morgan fingerprint density at radius 1 is 0.941 bits per heavy atom. The van der Waals surface area contributed by atoms with E-state index < -0.39 is 17.4 Å². The summed E-state index contributed by atoms with van der Waals surface area (Å²) in [5.74, 6) is -0.116. The van der Waals surface area contributed by atoms with Gasteiger partial charge >= 0.3 is 6.18 Å². The third-order valence-corrected chi connectivity index (χ3v) is 5.49. The standard InChI is InChI=1S/C24H17F4N5O/c25-16-9-5-14(6-10-16)7-11-17-21(15-8-12-20(29-13-15)24(26,27)28)32-33(22(17)34)23-30-18-3-1-2-4-19(18)31-23/h1-6,8-10,12-13,32H,7,11H2,(H,30,31). The summed E-state index contributed by atoms with van der Waals surface area (Å²) in [6.45, 7) is 0. The number of hydrogen-bond acceptors (Lipinski definition) is 3. The summed E-state index contributed by atoms with van der Waals surface area (Å²) < 4.78 is 53.4. The molecule has 2 N–H and O–H groups in total. The molecule has 0 spiro atoms. The lowest BCUT2D eigenvalue weighted by atomic mass is 10.0. The molecule has 3 heterocycles. The van der Waals surface area contributed by atoms with E-state index in [4.69, 9.17) is 0 Å². The minimum Gasteiger partial charge on any atom is -0.322 e. The zero-order valence-electron chi connectivity index (χ0n) is 17.5. The molecule has 0 atom stereocenters. The molecular formula is C24H17F4N5O. The fraction of sp³-hybridized carbons (Fsp3) is 0.125. The SMILES string of the molecule is O=c1c(CCc2ccc(F)cc2)c(-c2ccc(C(F)(F)F)nc2)[nH]n1-c1nc2ccccc2[nH]1. The number of aromatic nitrogens is 5. The molecule has 0 unspecified atom stereocenters. The van der Waals surface area contributed by atoms with Crippen LogP contribution in [0.15, 0.2) is 71.7 Å². The van der Waals surface area contributed by atoms with E-state index in [9.17, 15) is 22.4 Å². The third kappa shape index (κ3) is 4.09. The number of imidazole rings is 1. The molecule has 2 aromatic carbocycles. The lowest BCUT2D eigenvalue weighted by molar-refractivity contribution is -0.141. The average molecular weight is 467 g/mol. The molecule has 0 saturated carbocycles. The number of halogens is 4. The maximum Gasteiger partial charge on any atom is 0.433 e. The van der Waals surface area contributed by atoms with Crippen LogP contribution < -0.4 is 5.56 Å². The number of nitrogens with one attached hydrogen (secondary N) is 2. The Bertz CT molecular complexity index is 1480. The highest BCUT2D eigenvalue weighted by molar-refractivity contribution is 5.76. The molecule has 0 aliphatic rings. The summed E-state index contributed by atoms with van der Waals surface area (Å²) in [5.41, 5.74) is 1.80. The molecule has 3 aromatic heterocycles. The summed E-state index contributed by atoms with van der Waals surface area (Å²) in [6, 6.07) is 15.3. The number of H-pyrrole nitrogens is 2. The molecule has 0 aliphatic carbocycles. The molecular weight excluding hydrogens is 450 g/mol. The predicted octanol–water partition coefficient (Wildman–Crippen LogP) is 5.05. The number of pyridine rings is 1. The van der Waals surface area contributed by atoms with Gasteiger partial charge in [0.05, 0.1) is 16.7 Å². The van der Waals surface area contributed by atoms with Crippen LogP contribution in [0.25, 0.3) is 28.2 Å². The van der Waals surface area contributed by atoms with Crippen LogP contribution in [0, 0.1) is 5.82 Å². The Labute approximate surface area is 189 Å². The van der Waals surface area contributed by atoms with E-state index in [1.165, 1.54) is 22.9 Å². The molecule has 0 saturated heterocycles. The van der Waals surface area contributed by atoms with E-state index in [0.29, 0.717) is 28.8 Å². The monoisotopic (exact) mass is 467 g/mol. The first-order chi connectivity index (χ1) is 16.3. The van der Waals surface area contributed by atoms with Gasteiger partial charge in [-0.25, -0.2) is 9.37 Å². The molecule has 5 rings (SSSR count). The van der Waals surface area contributed by atoms with E-state index in [2.05, 4.69) is 20.1 Å². The van der Waals surface area contributed by atoms with Gasteiger partial charge in [0.25, 0.3) is 5.56 Å². The maximum atomic E-state index is 13.4. The molecule has 0 radical (unpaired) electrons. The summed E-state index contributed by atoms with van der Waals surface area (Å²) in [7, 11) is 0. The Hall–Kier alpha value is -4.21. The molecule has 0 amide bonds. The largest absolute Gasteiger partial charge is 0.433 e. The highest BCUT2D eigenvalue weighted by atomic mass is 19.4. The summed E-state index contributed by atoms with van der Waals surface area (Å²) in [5, 5.41) is 2.98. The first-order valence-corrected chi connectivity index (χ1v) is 10.4. The van der Waals surface area contributed by atoms with Crippen molar-refractivity contribution < 1.29 is 17.6 Å². The fourth-order valence-corrected chi connectivity index (χ4v) is 3.77. The second-order valence-corrected chi connectivity index (χ2v) is 7.74. The normalized spacial score (nSPS) is 11.9. The zero-order valence-corrected chi connectivity index (χ0v) is 17.5. The Balaban J connectivity index is 1.58. The van der Waals surface area contributed by atoms with E-state index in [0.717, 1.165) is 23.3 Å². The van der Waals surface area contributed by atoms with E-state index in [1.54, 1.807) is 18.2 Å². The Morgan fingerprint density at radius 2 is 1.71 bits per heavy atom. The van der Waals surface area contributed by atoms with Crippen LogP contribution in [0.4, 0.5) is 17.6 Å². The molecule has 0 aliphatic heterocycles. The van der Waals surface area contributed by atoms with Gasteiger partial charge in [-0.05, 0) is 54.8 Å². The van der Waals surface area contributed by atoms with Crippen LogP contribution in [-0.4, -0.2) is 24.7 Å². The van der Waals surface area contributed by atoms with Crippen LogP contribution in [-0.2, 0) is 19.0 Å². The van der Waals surface area contributed by atoms with Gasteiger partial charge in [0.1, 0.15) is 11.5 Å². The van der Waals surface area contributed by atoms with Gasteiger partial charge in [0.2, 0.25) is 5.95 Å². The number of fused-ring (bicyclic) bond motifs is 1. The van der Waals surface area contributed by atoms with Gasteiger partial charge in [-0.15, -0.1) is 0 Å². The molecule has 172 valence electrons. The second kappa shape index (κ2) is 8.29. The van der Waals surface area contributed by atoms with E-state index >= 15 is 0 Å². The number of para-hydroxylation sites is 2. The van der Waals surface area contributed by atoms with Crippen LogP contribution in [0.1, 0.15) is 16.8 Å². The van der Waals surface area contributed by atoms with Crippen LogP contribution in [0.3, 0.4) is 0 Å². The number of nitrogens with zero attached hydrogens (tertiary/aromatic N) is 3. The highest BCUT2D eigenvalue weighted by Gasteiger charge is 2.32. The van der Waals surface area contributed by atoms with E-state index in [-0.39, 0.29) is 18.2 Å². The van der Waals surface area contributed by atoms with Crippen LogP contribution >= 0.6 is 0 Å². The smallest absolute Gasteiger partial charge is 0.322 e. The number of aryl methyl sites for hydroxylation is 1. The van der Waals surface area contributed by atoms with Gasteiger partial charge in [0, 0.05) is 17.3 Å². The molecule has 0 fully saturated rings. The minimum absolute atomic E-state index is 0.250. The van der Waals surface area contributed by atoms with Crippen molar-refractivity contribution in [3.8, 4) is 17.2 Å². The molecule has 10 heteroatoms. The number of benzene rings is 2. The minimum atomic E-state index is -4.57. The van der Waals surface area contributed by atoms with Crippen LogP contribution in [0.5, 0.6) is 0 Å². The van der Waals surface area contributed by atoms with Crippen molar-refractivity contribution in [2.24, 2.45) is 0 Å². The van der Waals surface area contributed by atoms with Gasteiger partial charge in [0.15, 0.2) is 0 Å². The second-order valence-electron chi connectivity index (χ2n) is 7.74. The van der Waals surface area contributed by atoms with Crippen molar-refractivity contribution in [2.75, 3.05) is 0 Å². The summed E-state index contributed by atoms with van der Waals surface area (Å²) >= 11 is 0. The van der Waals surface area contributed by atoms with Gasteiger partial charge in [-0.3, -0.25) is 14.9 Å². The number of aromatic amines is 2. The third-order valence-electron chi connectivity index (χ3n) is 5.49. The van der Waals surface area contributed by atoms with Gasteiger partial charge < -0.3 is 4.98 Å².